The molecule has 0 radical (unpaired) electrons. The predicted octanol–water partition coefficient (Wildman–Crippen LogP) is 0.155. The van der Waals surface area contributed by atoms with Gasteiger partial charge < -0.3 is 14.8 Å². The number of aromatic nitrogens is 3. The first-order valence-corrected chi connectivity index (χ1v) is 8.20. The van der Waals surface area contributed by atoms with Gasteiger partial charge in [-0.05, 0) is 20.4 Å². The first-order valence-electron chi connectivity index (χ1n) is 8.20. The van der Waals surface area contributed by atoms with Gasteiger partial charge >= 0.3 is 0 Å². The van der Waals surface area contributed by atoms with Gasteiger partial charge in [-0.25, -0.2) is 0 Å². The molecule has 0 aliphatic carbocycles. The van der Waals surface area contributed by atoms with Crippen LogP contribution in [0.5, 0.6) is 0 Å². The normalized spacial score (nSPS) is 17.1. The van der Waals surface area contributed by atoms with Crippen molar-refractivity contribution in [2.75, 3.05) is 45.8 Å². The van der Waals surface area contributed by atoms with Gasteiger partial charge in [0, 0.05) is 45.2 Å². The van der Waals surface area contributed by atoms with E-state index in [1.165, 1.54) is 0 Å². The van der Waals surface area contributed by atoms with Crippen LogP contribution >= 0.6 is 0 Å². The zero-order valence-corrected chi connectivity index (χ0v) is 14.0. The van der Waals surface area contributed by atoms with Crippen LogP contribution in [0.4, 0.5) is 0 Å². The molecule has 1 amide bonds. The van der Waals surface area contributed by atoms with Gasteiger partial charge in [0.15, 0.2) is 0 Å². The molecule has 1 aromatic rings. The summed E-state index contributed by atoms with van der Waals surface area (Å²) in [4.78, 5) is 16.6. The summed E-state index contributed by atoms with van der Waals surface area (Å²) < 4.78 is 2.04. The lowest BCUT2D eigenvalue weighted by atomic mass is 10.3. The number of carbonyl (C=O) groups is 1. The second kappa shape index (κ2) is 8.24. The lowest BCUT2D eigenvalue weighted by Gasteiger charge is -2.33. The van der Waals surface area contributed by atoms with Gasteiger partial charge in [0.25, 0.3) is 0 Å². The smallest absolute Gasteiger partial charge is 0.234 e. The van der Waals surface area contributed by atoms with Crippen molar-refractivity contribution in [3.05, 3.63) is 12.2 Å². The van der Waals surface area contributed by atoms with Crippen LogP contribution in [0.3, 0.4) is 0 Å². The largest absolute Gasteiger partial charge is 0.355 e. The highest BCUT2D eigenvalue weighted by molar-refractivity contribution is 5.78. The Morgan fingerprint density at radius 1 is 1.27 bits per heavy atom. The number of hydrogen-bond donors (Lipinski definition) is 1. The molecule has 0 bridgehead atoms. The maximum Gasteiger partial charge on any atom is 0.234 e. The summed E-state index contributed by atoms with van der Waals surface area (Å²) in [6, 6.07) is 0.343. The fourth-order valence-electron chi connectivity index (χ4n) is 2.71. The molecular weight excluding hydrogens is 280 g/mol. The molecule has 1 saturated heterocycles. The van der Waals surface area contributed by atoms with Crippen LogP contribution in [-0.4, -0.2) is 76.3 Å². The maximum absolute atomic E-state index is 12.0. The van der Waals surface area contributed by atoms with E-state index in [0.717, 1.165) is 38.5 Å². The Labute approximate surface area is 132 Å². The van der Waals surface area contributed by atoms with Gasteiger partial charge in [-0.2, -0.15) is 0 Å². The topological polar surface area (TPSA) is 66.3 Å². The number of nitrogens with zero attached hydrogens (tertiary/aromatic N) is 5. The van der Waals surface area contributed by atoms with Crippen molar-refractivity contribution in [1.29, 1.82) is 0 Å². The molecule has 1 aliphatic rings. The highest BCUT2D eigenvalue weighted by Crippen LogP contribution is 2.06. The SMILES string of the molecule is CCN1CCN(CC(=O)NCCc2nncn2C(C)C)CC1. The standard InChI is InChI=1S/C15H28N6O/c1-4-19-7-9-20(10-8-19)11-15(22)16-6-5-14-18-17-12-21(14)13(2)3/h12-13H,4-11H2,1-3H3,(H,16,22). The lowest BCUT2D eigenvalue weighted by Crippen LogP contribution is -2.49. The van der Waals surface area contributed by atoms with E-state index in [2.05, 4.69) is 46.1 Å². The molecule has 0 saturated carbocycles. The Morgan fingerprint density at radius 2 is 1.95 bits per heavy atom. The second-order valence-corrected chi connectivity index (χ2v) is 6.06. The van der Waals surface area contributed by atoms with E-state index < -0.39 is 0 Å². The summed E-state index contributed by atoms with van der Waals surface area (Å²) in [6.07, 6.45) is 2.46. The zero-order valence-electron chi connectivity index (χ0n) is 14.0. The van der Waals surface area contributed by atoms with Crippen LogP contribution in [0.25, 0.3) is 0 Å². The third-order valence-corrected chi connectivity index (χ3v) is 4.15. The molecule has 1 aliphatic heterocycles. The zero-order chi connectivity index (χ0) is 15.9. The molecule has 22 heavy (non-hydrogen) atoms. The first kappa shape index (κ1) is 16.9. The second-order valence-electron chi connectivity index (χ2n) is 6.06. The number of carbonyl (C=O) groups excluding carboxylic acids is 1. The van der Waals surface area contributed by atoms with Gasteiger partial charge in [-0.1, -0.05) is 6.92 Å². The van der Waals surface area contributed by atoms with Crippen LogP contribution in [0.1, 0.15) is 32.6 Å². The van der Waals surface area contributed by atoms with Crippen molar-refractivity contribution in [2.24, 2.45) is 0 Å². The average Bonchev–Trinajstić information content (AvgIpc) is 2.97. The molecule has 0 aromatic carbocycles. The van der Waals surface area contributed by atoms with Crippen LogP contribution in [0.15, 0.2) is 6.33 Å². The molecular formula is C15H28N6O. The Hall–Kier alpha value is -1.47. The van der Waals surface area contributed by atoms with Crippen molar-refractivity contribution in [3.63, 3.8) is 0 Å². The van der Waals surface area contributed by atoms with Crippen molar-refractivity contribution in [2.45, 2.75) is 33.2 Å². The molecule has 1 fully saturated rings. The van der Waals surface area contributed by atoms with Gasteiger partial charge in [0.1, 0.15) is 12.2 Å². The van der Waals surface area contributed by atoms with Gasteiger partial charge in [-0.3, -0.25) is 9.69 Å². The number of piperazine rings is 1. The number of rotatable bonds is 7. The monoisotopic (exact) mass is 308 g/mol. The Bertz CT molecular complexity index is 464. The van der Waals surface area contributed by atoms with Crippen LogP contribution in [0, 0.1) is 0 Å². The van der Waals surface area contributed by atoms with E-state index >= 15 is 0 Å². The van der Waals surface area contributed by atoms with E-state index in [9.17, 15) is 4.79 Å². The van der Waals surface area contributed by atoms with Crippen molar-refractivity contribution in [1.82, 2.24) is 29.9 Å². The highest BCUT2D eigenvalue weighted by Gasteiger charge is 2.17. The number of likely N-dealkylation sites (N-methyl/N-ethyl adjacent to an activating group) is 1. The third-order valence-electron chi connectivity index (χ3n) is 4.15. The summed E-state index contributed by atoms with van der Waals surface area (Å²) in [7, 11) is 0. The average molecular weight is 308 g/mol. The summed E-state index contributed by atoms with van der Waals surface area (Å²) in [5.41, 5.74) is 0. The third kappa shape index (κ3) is 4.78. The van der Waals surface area contributed by atoms with E-state index in [1.54, 1.807) is 6.33 Å². The highest BCUT2D eigenvalue weighted by atomic mass is 16.2. The van der Waals surface area contributed by atoms with Gasteiger partial charge in [0.2, 0.25) is 5.91 Å². The summed E-state index contributed by atoms with van der Waals surface area (Å²) >= 11 is 0. The quantitative estimate of drug-likeness (QED) is 0.777. The molecule has 7 nitrogen and oxygen atoms in total. The van der Waals surface area contributed by atoms with E-state index in [1.807, 2.05) is 4.57 Å². The minimum absolute atomic E-state index is 0.0977. The molecule has 2 rings (SSSR count). The Morgan fingerprint density at radius 3 is 2.59 bits per heavy atom. The fraction of sp³-hybridized carbons (Fsp3) is 0.800. The predicted molar refractivity (Wildman–Crippen MR) is 85.7 cm³/mol. The van der Waals surface area contributed by atoms with Crippen LogP contribution in [-0.2, 0) is 11.2 Å². The summed E-state index contributed by atoms with van der Waals surface area (Å²) in [6.45, 7) is 12.6. The van der Waals surface area contributed by atoms with Crippen LogP contribution in [0.2, 0.25) is 0 Å². The molecule has 0 spiro atoms. The molecule has 1 N–H and O–H groups in total. The maximum atomic E-state index is 12.0. The summed E-state index contributed by atoms with van der Waals surface area (Å²) in [5.74, 6) is 1.02. The van der Waals surface area contributed by atoms with Crippen molar-refractivity contribution in [3.8, 4) is 0 Å². The molecule has 7 heteroatoms. The Balaban J connectivity index is 1.67. The molecule has 124 valence electrons. The molecule has 0 atom stereocenters. The minimum Gasteiger partial charge on any atom is -0.355 e. The summed E-state index contributed by atoms with van der Waals surface area (Å²) in [5, 5.41) is 11.0. The number of hydrogen-bond acceptors (Lipinski definition) is 5. The molecule has 2 heterocycles. The Kier molecular flexibility index (Phi) is 6.33. The van der Waals surface area contributed by atoms with Gasteiger partial charge in [-0.15, -0.1) is 10.2 Å². The number of nitrogens with one attached hydrogen (secondary N) is 1. The number of amides is 1. The van der Waals surface area contributed by atoms with E-state index in [0.29, 0.717) is 25.6 Å². The fourth-order valence-corrected chi connectivity index (χ4v) is 2.71. The van der Waals surface area contributed by atoms with E-state index in [-0.39, 0.29) is 5.91 Å². The van der Waals surface area contributed by atoms with Crippen molar-refractivity contribution >= 4 is 5.91 Å². The van der Waals surface area contributed by atoms with Crippen LogP contribution < -0.4 is 5.32 Å². The lowest BCUT2D eigenvalue weighted by molar-refractivity contribution is -0.122. The molecule has 1 aromatic heterocycles. The molecule has 0 unspecified atom stereocenters. The van der Waals surface area contributed by atoms with E-state index in [4.69, 9.17) is 0 Å². The van der Waals surface area contributed by atoms with Crippen molar-refractivity contribution < 1.29 is 4.79 Å². The minimum atomic E-state index is 0.0977. The first-order chi connectivity index (χ1) is 10.6. The van der Waals surface area contributed by atoms with Gasteiger partial charge in [0.05, 0.1) is 6.54 Å².